The Morgan fingerprint density at radius 3 is 2.06 bits per heavy atom. The normalized spacial score (nSPS) is 18.0. The summed E-state index contributed by atoms with van der Waals surface area (Å²) in [6.07, 6.45) is 0.0901. The van der Waals surface area contributed by atoms with E-state index in [9.17, 15) is 26.4 Å². The van der Waals surface area contributed by atoms with Gasteiger partial charge in [-0.05, 0) is 68.9 Å². The fourth-order valence-electron chi connectivity index (χ4n) is 3.62. The molecular weight excluding hydrogens is 444 g/mol. The van der Waals surface area contributed by atoms with Gasteiger partial charge in [-0.25, -0.2) is 21.6 Å². The Kier molecular flexibility index (Phi) is 7.88. The summed E-state index contributed by atoms with van der Waals surface area (Å²) in [6, 6.07) is -0.476. The molecule has 31 heavy (non-hydrogen) atoms. The highest BCUT2D eigenvalue weighted by atomic mass is 32.2. The van der Waals surface area contributed by atoms with Crippen LogP contribution in [-0.2, 0) is 34.2 Å². The third-order valence-electron chi connectivity index (χ3n) is 5.78. The predicted octanol–water partition coefficient (Wildman–Crippen LogP) is 0.744. The van der Waals surface area contributed by atoms with Gasteiger partial charge in [0.2, 0.25) is 10.0 Å². The lowest BCUT2D eigenvalue weighted by atomic mass is 9.95. The van der Waals surface area contributed by atoms with Crippen molar-refractivity contribution < 1.29 is 31.2 Å². The van der Waals surface area contributed by atoms with E-state index in [1.807, 2.05) is 20.8 Å². The molecule has 1 aromatic rings. The molecule has 1 saturated heterocycles. The number of rotatable bonds is 8. The van der Waals surface area contributed by atoms with Crippen LogP contribution in [0.25, 0.3) is 0 Å². The minimum atomic E-state index is -3.83. The zero-order valence-electron chi connectivity index (χ0n) is 18.5. The lowest BCUT2D eigenvalue weighted by Crippen LogP contribution is -2.38. The number of benzene rings is 1. The van der Waals surface area contributed by atoms with Crippen molar-refractivity contribution >= 4 is 31.7 Å². The highest BCUT2D eigenvalue weighted by Crippen LogP contribution is 2.29. The van der Waals surface area contributed by atoms with Crippen molar-refractivity contribution in [2.75, 3.05) is 24.7 Å². The van der Waals surface area contributed by atoms with Gasteiger partial charge >= 0.3 is 5.97 Å². The first kappa shape index (κ1) is 25.3. The van der Waals surface area contributed by atoms with Crippen LogP contribution in [0.1, 0.15) is 40.7 Å². The molecule has 0 spiro atoms. The van der Waals surface area contributed by atoms with Crippen molar-refractivity contribution in [3.8, 4) is 0 Å². The van der Waals surface area contributed by atoms with Crippen LogP contribution in [0, 0.1) is 34.6 Å². The Morgan fingerprint density at radius 2 is 1.55 bits per heavy atom. The second-order valence-corrected chi connectivity index (χ2v) is 11.9. The van der Waals surface area contributed by atoms with E-state index in [0.717, 1.165) is 16.7 Å². The summed E-state index contributed by atoms with van der Waals surface area (Å²) >= 11 is 0. The molecule has 0 radical (unpaired) electrons. The largest absolute Gasteiger partial charge is 0.456 e. The number of carbonyl (C=O) groups excluding carboxylic acids is 2. The van der Waals surface area contributed by atoms with E-state index in [-0.39, 0.29) is 29.4 Å². The molecule has 1 heterocycles. The quantitative estimate of drug-likeness (QED) is 0.531. The van der Waals surface area contributed by atoms with Gasteiger partial charge in [0.15, 0.2) is 16.4 Å². The smallest absolute Gasteiger partial charge is 0.307 e. The second-order valence-electron chi connectivity index (χ2n) is 7.93. The molecular formula is C20H30N2O7S2. The predicted molar refractivity (Wildman–Crippen MR) is 116 cm³/mol. The molecule has 174 valence electrons. The lowest BCUT2D eigenvalue weighted by molar-refractivity contribution is -0.148. The molecule has 0 saturated carbocycles. The first-order chi connectivity index (χ1) is 14.2. The molecule has 1 fully saturated rings. The summed E-state index contributed by atoms with van der Waals surface area (Å²) in [5, 5.41) is 2.51. The van der Waals surface area contributed by atoms with Gasteiger partial charge in [0.1, 0.15) is 0 Å². The maximum absolute atomic E-state index is 12.8. The molecule has 1 aliphatic rings. The molecule has 0 aliphatic carbocycles. The number of hydrogen-bond donors (Lipinski definition) is 2. The van der Waals surface area contributed by atoms with Crippen LogP contribution in [0.2, 0.25) is 0 Å². The summed E-state index contributed by atoms with van der Waals surface area (Å²) in [5.74, 6) is -1.42. The highest BCUT2D eigenvalue weighted by Gasteiger charge is 2.29. The zero-order valence-corrected chi connectivity index (χ0v) is 20.1. The number of esters is 1. The second kappa shape index (κ2) is 9.66. The summed E-state index contributed by atoms with van der Waals surface area (Å²) < 4.78 is 55.7. The van der Waals surface area contributed by atoms with Crippen LogP contribution < -0.4 is 10.0 Å². The van der Waals surface area contributed by atoms with E-state index in [4.69, 9.17) is 4.74 Å². The fourth-order valence-corrected chi connectivity index (χ4v) is 6.93. The molecule has 1 unspecified atom stereocenters. The van der Waals surface area contributed by atoms with Crippen LogP contribution >= 0.6 is 0 Å². The van der Waals surface area contributed by atoms with Crippen molar-refractivity contribution in [3.05, 3.63) is 27.8 Å². The minimum Gasteiger partial charge on any atom is -0.456 e. The summed E-state index contributed by atoms with van der Waals surface area (Å²) in [7, 11) is -6.95. The molecule has 0 bridgehead atoms. The molecule has 1 aliphatic heterocycles. The van der Waals surface area contributed by atoms with E-state index in [2.05, 4.69) is 10.0 Å². The highest BCUT2D eigenvalue weighted by molar-refractivity contribution is 7.91. The summed E-state index contributed by atoms with van der Waals surface area (Å²) in [5.41, 5.74) is 4.20. The summed E-state index contributed by atoms with van der Waals surface area (Å²) in [4.78, 5) is 23.9. The van der Waals surface area contributed by atoms with Gasteiger partial charge in [0.05, 0.1) is 22.8 Å². The molecule has 1 atom stereocenters. The van der Waals surface area contributed by atoms with Crippen molar-refractivity contribution in [2.45, 2.75) is 58.4 Å². The maximum atomic E-state index is 12.8. The molecule has 9 nitrogen and oxygen atoms in total. The number of nitrogens with one attached hydrogen (secondary N) is 2. The van der Waals surface area contributed by atoms with Crippen LogP contribution in [0.3, 0.4) is 0 Å². The van der Waals surface area contributed by atoms with Crippen molar-refractivity contribution in [1.82, 2.24) is 10.0 Å². The SMILES string of the molecule is Cc1c(C)c(C)c(S(=O)(=O)NCCC(=O)OCC(=O)NC2CCS(=O)(=O)C2)c(C)c1C. The standard InChI is InChI=1S/C20H30N2O7S2/c1-12-13(2)15(4)20(16(5)14(12)3)31(27,28)21-8-6-19(24)29-10-18(23)22-17-7-9-30(25,26)11-17/h17,21H,6-11H2,1-5H3,(H,22,23). The molecule has 2 rings (SSSR count). The Bertz CT molecular complexity index is 1060. The number of amides is 1. The zero-order chi connectivity index (χ0) is 23.6. The van der Waals surface area contributed by atoms with Crippen LogP contribution in [0.15, 0.2) is 4.90 Å². The van der Waals surface area contributed by atoms with E-state index in [1.54, 1.807) is 13.8 Å². The van der Waals surface area contributed by atoms with Gasteiger partial charge in [0, 0.05) is 12.6 Å². The van der Waals surface area contributed by atoms with Gasteiger partial charge < -0.3 is 10.1 Å². The topological polar surface area (TPSA) is 136 Å². The average Bonchev–Trinajstić information content (AvgIpc) is 3.01. The molecule has 1 aromatic carbocycles. The molecule has 2 N–H and O–H groups in total. The van der Waals surface area contributed by atoms with E-state index >= 15 is 0 Å². The van der Waals surface area contributed by atoms with Crippen LogP contribution in [-0.4, -0.2) is 59.4 Å². The number of sulfonamides is 1. The van der Waals surface area contributed by atoms with Gasteiger partial charge in [-0.1, -0.05) is 0 Å². The number of ether oxygens (including phenoxy) is 1. The van der Waals surface area contributed by atoms with Gasteiger partial charge in [0.25, 0.3) is 5.91 Å². The van der Waals surface area contributed by atoms with Crippen molar-refractivity contribution in [3.63, 3.8) is 0 Å². The fraction of sp³-hybridized carbons (Fsp3) is 0.600. The third kappa shape index (κ3) is 6.27. The van der Waals surface area contributed by atoms with Gasteiger partial charge in [-0.3, -0.25) is 9.59 Å². The molecule has 11 heteroatoms. The monoisotopic (exact) mass is 474 g/mol. The average molecular weight is 475 g/mol. The van der Waals surface area contributed by atoms with Crippen LogP contribution in [0.4, 0.5) is 0 Å². The van der Waals surface area contributed by atoms with Crippen LogP contribution in [0.5, 0.6) is 0 Å². The number of hydrogen-bond acceptors (Lipinski definition) is 7. The van der Waals surface area contributed by atoms with E-state index < -0.39 is 44.4 Å². The van der Waals surface area contributed by atoms with E-state index in [1.165, 1.54) is 0 Å². The first-order valence-electron chi connectivity index (χ1n) is 9.97. The molecule has 1 amide bonds. The Hall–Kier alpha value is -1.98. The van der Waals surface area contributed by atoms with Crippen molar-refractivity contribution in [2.24, 2.45) is 0 Å². The van der Waals surface area contributed by atoms with Gasteiger partial charge in [-0.15, -0.1) is 0 Å². The molecule has 0 aromatic heterocycles. The number of sulfone groups is 1. The Labute approximate surface area is 183 Å². The maximum Gasteiger partial charge on any atom is 0.307 e. The summed E-state index contributed by atoms with van der Waals surface area (Å²) in [6.45, 7) is 8.49. The Balaban J connectivity index is 1.86. The first-order valence-corrected chi connectivity index (χ1v) is 13.3. The Morgan fingerprint density at radius 1 is 1.00 bits per heavy atom. The third-order valence-corrected chi connectivity index (χ3v) is 9.28. The van der Waals surface area contributed by atoms with Crippen molar-refractivity contribution in [1.29, 1.82) is 0 Å². The van der Waals surface area contributed by atoms with E-state index in [0.29, 0.717) is 17.5 Å². The van der Waals surface area contributed by atoms with Gasteiger partial charge in [-0.2, -0.15) is 0 Å². The minimum absolute atomic E-state index is 0.0247. The lowest BCUT2D eigenvalue weighted by Gasteiger charge is -2.19. The number of carbonyl (C=O) groups is 2.